The van der Waals surface area contributed by atoms with Crippen molar-refractivity contribution >= 4 is 29.9 Å². The van der Waals surface area contributed by atoms with Crippen LogP contribution in [0.1, 0.15) is 28.8 Å². The Hall–Kier alpha value is -2.53. The number of anilines is 1. The van der Waals surface area contributed by atoms with Crippen LogP contribution < -0.4 is 11.1 Å². The molecule has 138 valence electrons. The van der Waals surface area contributed by atoms with Gasteiger partial charge in [0, 0.05) is 36.8 Å². The van der Waals surface area contributed by atoms with Gasteiger partial charge in [-0.1, -0.05) is 36.4 Å². The minimum Gasteiger partial charge on any atom is -0.399 e. The van der Waals surface area contributed by atoms with Crippen LogP contribution in [-0.4, -0.2) is 35.8 Å². The van der Waals surface area contributed by atoms with Gasteiger partial charge in [0.2, 0.25) is 5.91 Å². The molecule has 3 rings (SSSR count). The number of nitrogen functional groups attached to an aromatic ring is 1. The third-order valence-corrected chi connectivity index (χ3v) is 4.50. The predicted molar refractivity (Wildman–Crippen MR) is 105 cm³/mol. The van der Waals surface area contributed by atoms with E-state index in [4.69, 9.17) is 5.73 Å². The van der Waals surface area contributed by atoms with E-state index in [0.29, 0.717) is 30.8 Å². The number of aryl methyl sites for hydroxylation is 1. The zero-order valence-electron chi connectivity index (χ0n) is 14.6. The number of nitrogens with two attached hydrogens (primary N) is 1. The normalized spacial score (nSPS) is 16.0. The molecule has 5 nitrogen and oxygen atoms in total. The van der Waals surface area contributed by atoms with E-state index in [9.17, 15) is 9.59 Å². The number of hydrogen-bond donors (Lipinski definition) is 2. The number of halogens is 1. The van der Waals surface area contributed by atoms with Crippen LogP contribution in [0, 0.1) is 0 Å². The predicted octanol–water partition coefficient (Wildman–Crippen LogP) is 2.65. The molecule has 0 saturated carbocycles. The molecule has 1 saturated heterocycles. The van der Waals surface area contributed by atoms with Crippen molar-refractivity contribution < 1.29 is 9.59 Å². The van der Waals surface area contributed by atoms with Gasteiger partial charge in [0.05, 0.1) is 0 Å². The summed E-state index contributed by atoms with van der Waals surface area (Å²) in [4.78, 5) is 26.5. The minimum atomic E-state index is -0.143. The first-order valence-electron chi connectivity index (χ1n) is 8.60. The molecule has 1 aliphatic heterocycles. The fourth-order valence-corrected chi connectivity index (χ4v) is 3.11. The van der Waals surface area contributed by atoms with Gasteiger partial charge in [0.25, 0.3) is 5.91 Å². The lowest BCUT2D eigenvalue weighted by molar-refractivity contribution is -0.130. The first-order chi connectivity index (χ1) is 12.1. The van der Waals surface area contributed by atoms with Gasteiger partial charge in [-0.25, -0.2) is 0 Å². The smallest absolute Gasteiger partial charge is 0.251 e. The van der Waals surface area contributed by atoms with Gasteiger partial charge in [0.15, 0.2) is 0 Å². The number of carbonyl (C=O) groups excluding carboxylic acids is 2. The second kappa shape index (κ2) is 9.25. The Morgan fingerprint density at radius 2 is 1.88 bits per heavy atom. The van der Waals surface area contributed by atoms with E-state index in [-0.39, 0.29) is 30.3 Å². The zero-order valence-corrected chi connectivity index (χ0v) is 15.4. The van der Waals surface area contributed by atoms with Crippen LogP contribution in [0.4, 0.5) is 5.69 Å². The van der Waals surface area contributed by atoms with Crippen LogP contribution in [0.3, 0.4) is 0 Å². The molecule has 1 fully saturated rings. The molecule has 1 heterocycles. The summed E-state index contributed by atoms with van der Waals surface area (Å²) in [5.74, 6) is 0.000409. The molecule has 0 bridgehead atoms. The molecule has 1 atom stereocenters. The van der Waals surface area contributed by atoms with Crippen molar-refractivity contribution in [3.05, 3.63) is 65.7 Å². The van der Waals surface area contributed by atoms with E-state index in [1.165, 1.54) is 5.56 Å². The summed E-state index contributed by atoms with van der Waals surface area (Å²) in [7, 11) is 0. The highest BCUT2D eigenvalue weighted by atomic mass is 35.5. The minimum absolute atomic E-state index is 0. The summed E-state index contributed by atoms with van der Waals surface area (Å²) >= 11 is 0. The number of nitrogens with one attached hydrogen (secondary N) is 1. The molecule has 0 aromatic heterocycles. The molecule has 6 heteroatoms. The van der Waals surface area contributed by atoms with Crippen molar-refractivity contribution in [1.82, 2.24) is 10.2 Å². The molecule has 0 aliphatic carbocycles. The maximum atomic E-state index is 12.4. The van der Waals surface area contributed by atoms with Crippen LogP contribution in [-0.2, 0) is 11.2 Å². The van der Waals surface area contributed by atoms with E-state index in [2.05, 4.69) is 5.32 Å². The molecule has 2 amide bonds. The summed E-state index contributed by atoms with van der Waals surface area (Å²) in [6, 6.07) is 16.9. The van der Waals surface area contributed by atoms with Crippen LogP contribution >= 0.6 is 12.4 Å². The lowest BCUT2D eigenvalue weighted by Crippen LogP contribution is -2.38. The Morgan fingerprint density at radius 1 is 1.12 bits per heavy atom. The maximum Gasteiger partial charge on any atom is 0.251 e. The zero-order chi connectivity index (χ0) is 17.6. The number of nitrogens with zero attached hydrogens (tertiary/aromatic N) is 1. The molecular weight excluding hydrogens is 350 g/mol. The van der Waals surface area contributed by atoms with Gasteiger partial charge in [0.1, 0.15) is 0 Å². The summed E-state index contributed by atoms with van der Waals surface area (Å²) in [5, 5.41) is 2.99. The van der Waals surface area contributed by atoms with E-state index < -0.39 is 0 Å². The highest BCUT2D eigenvalue weighted by Crippen LogP contribution is 2.14. The van der Waals surface area contributed by atoms with E-state index in [1.807, 2.05) is 35.2 Å². The fourth-order valence-electron chi connectivity index (χ4n) is 3.11. The van der Waals surface area contributed by atoms with Crippen molar-refractivity contribution in [2.45, 2.75) is 25.3 Å². The summed E-state index contributed by atoms with van der Waals surface area (Å²) in [6.45, 7) is 1.26. The first kappa shape index (κ1) is 19.8. The number of hydrogen-bond acceptors (Lipinski definition) is 3. The first-order valence-corrected chi connectivity index (χ1v) is 8.60. The second-order valence-corrected chi connectivity index (χ2v) is 6.41. The Balaban J connectivity index is 0.00000243. The highest BCUT2D eigenvalue weighted by Gasteiger charge is 2.27. The Bertz CT molecular complexity index is 752. The molecule has 2 aromatic carbocycles. The quantitative estimate of drug-likeness (QED) is 0.791. The number of benzene rings is 2. The van der Waals surface area contributed by atoms with Crippen molar-refractivity contribution in [1.29, 1.82) is 0 Å². The second-order valence-electron chi connectivity index (χ2n) is 6.41. The SMILES string of the molecule is Cl.Nc1cccc(C(=O)NC2CCN(C(=O)CCc3ccccc3)C2)c1. The van der Waals surface area contributed by atoms with Gasteiger partial charge in [-0.15, -0.1) is 12.4 Å². The molecule has 26 heavy (non-hydrogen) atoms. The van der Waals surface area contributed by atoms with Crippen LogP contribution in [0.2, 0.25) is 0 Å². The lowest BCUT2D eigenvalue weighted by atomic mass is 10.1. The Morgan fingerprint density at radius 3 is 2.62 bits per heavy atom. The van der Waals surface area contributed by atoms with Gasteiger partial charge >= 0.3 is 0 Å². The Kier molecular flexibility index (Phi) is 7.04. The molecule has 3 N–H and O–H groups in total. The monoisotopic (exact) mass is 373 g/mol. The molecule has 1 aliphatic rings. The van der Waals surface area contributed by atoms with Gasteiger partial charge in [-0.2, -0.15) is 0 Å². The van der Waals surface area contributed by atoms with Crippen LogP contribution in [0.5, 0.6) is 0 Å². The number of carbonyl (C=O) groups is 2. The molecular formula is C20H24ClN3O2. The largest absolute Gasteiger partial charge is 0.399 e. The molecule has 0 spiro atoms. The third kappa shape index (κ3) is 5.23. The van der Waals surface area contributed by atoms with E-state index in [0.717, 1.165) is 12.8 Å². The van der Waals surface area contributed by atoms with Crippen molar-refractivity contribution in [3.63, 3.8) is 0 Å². The highest BCUT2D eigenvalue weighted by molar-refractivity contribution is 5.95. The average molecular weight is 374 g/mol. The summed E-state index contributed by atoms with van der Waals surface area (Å²) in [5.41, 5.74) is 8.00. The van der Waals surface area contributed by atoms with E-state index in [1.54, 1.807) is 24.3 Å². The molecule has 1 unspecified atom stereocenters. The lowest BCUT2D eigenvalue weighted by Gasteiger charge is -2.17. The fraction of sp³-hybridized carbons (Fsp3) is 0.300. The van der Waals surface area contributed by atoms with E-state index >= 15 is 0 Å². The molecule has 2 aromatic rings. The van der Waals surface area contributed by atoms with Gasteiger partial charge < -0.3 is 16.0 Å². The Labute approximate surface area is 160 Å². The average Bonchev–Trinajstić information content (AvgIpc) is 3.09. The maximum absolute atomic E-state index is 12.4. The number of amides is 2. The molecule has 0 radical (unpaired) electrons. The van der Waals surface area contributed by atoms with Crippen molar-refractivity contribution in [2.24, 2.45) is 0 Å². The number of rotatable bonds is 5. The topological polar surface area (TPSA) is 75.4 Å². The number of likely N-dealkylation sites (tertiary alicyclic amines) is 1. The van der Waals surface area contributed by atoms with Gasteiger partial charge in [-0.3, -0.25) is 9.59 Å². The van der Waals surface area contributed by atoms with Crippen molar-refractivity contribution in [3.8, 4) is 0 Å². The van der Waals surface area contributed by atoms with Crippen LogP contribution in [0.25, 0.3) is 0 Å². The summed E-state index contributed by atoms with van der Waals surface area (Å²) < 4.78 is 0. The third-order valence-electron chi connectivity index (χ3n) is 4.50. The van der Waals surface area contributed by atoms with Crippen LogP contribution in [0.15, 0.2) is 54.6 Å². The van der Waals surface area contributed by atoms with Gasteiger partial charge in [-0.05, 0) is 36.6 Å². The van der Waals surface area contributed by atoms with Crippen molar-refractivity contribution in [2.75, 3.05) is 18.8 Å². The summed E-state index contributed by atoms with van der Waals surface area (Å²) in [6.07, 6.45) is 2.03. The standard InChI is InChI=1S/C20H23N3O2.ClH/c21-17-8-4-7-16(13-17)20(25)22-18-11-12-23(14-18)19(24)10-9-15-5-2-1-3-6-15;/h1-8,13,18H,9-12,14,21H2,(H,22,25);1H.